The first-order chi connectivity index (χ1) is 13.6. The lowest BCUT2D eigenvalue weighted by molar-refractivity contribution is -0.0195. The van der Waals surface area contributed by atoms with Crippen molar-refractivity contribution in [1.82, 2.24) is 10.2 Å². The topological polar surface area (TPSA) is 41.6 Å². The van der Waals surface area contributed by atoms with Crippen LogP contribution in [0.3, 0.4) is 0 Å². The first-order valence-corrected chi connectivity index (χ1v) is 10.5. The van der Waals surface area contributed by atoms with E-state index in [-0.39, 0.29) is 17.6 Å². The van der Waals surface area contributed by atoms with Gasteiger partial charge < -0.3 is 15.0 Å². The molecule has 0 radical (unpaired) electrons. The van der Waals surface area contributed by atoms with Gasteiger partial charge in [-0.3, -0.25) is 4.79 Å². The predicted molar refractivity (Wildman–Crippen MR) is 110 cm³/mol. The SMILES string of the molecule is CN1CCC2(CC1)C[C@H](NC(=O)c1ccc3c(c1)CCC3)c1ccccc1O2. The van der Waals surface area contributed by atoms with Gasteiger partial charge in [0.05, 0.1) is 6.04 Å². The van der Waals surface area contributed by atoms with Crippen molar-refractivity contribution in [3.05, 3.63) is 64.7 Å². The van der Waals surface area contributed by atoms with E-state index in [0.29, 0.717) is 0 Å². The van der Waals surface area contributed by atoms with E-state index in [4.69, 9.17) is 4.74 Å². The molecule has 1 N–H and O–H groups in total. The Kier molecular flexibility index (Phi) is 4.39. The van der Waals surface area contributed by atoms with Crippen LogP contribution in [0.15, 0.2) is 42.5 Å². The van der Waals surface area contributed by atoms with Crippen LogP contribution in [-0.4, -0.2) is 36.5 Å². The van der Waals surface area contributed by atoms with E-state index >= 15 is 0 Å². The maximum atomic E-state index is 13.1. The molecule has 2 aromatic rings. The molecule has 4 heteroatoms. The second-order valence-electron chi connectivity index (χ2n) is 8.69. The summed E-state index contributed by atoms with van der Waals surface area (Å²) < 4.78 is 6.51. The van der Waals surface area contributed by atoms with Crippen LogP contribution in [0.25, 0.3) is 0 Å². The summed E-state index contributed by atoms with van der Waals surface area (Å²) in [6, 6.07) is 14.4. The van der Waals surface area contributed by atoms with Crippen LogP contribution in [0.5, 0.6) is 5.75 Å². The third-order valence-electron chi connectivity index (χ3n) is 6.76. The summed E-state index contributed by atoms with van der Waals surface area (Å²) in [6.07, 6.45) is 6.28. The zero-order valence-electron chi connectivity index (χ0n) is 16.5. The molecule has 0 saturated carbocycles. The maximum absolute atomic E-state index is 13.1. The molecule has 2 aliphatic heterocycles. The van der Waals surface area contributed by atoms with Crippen molar-refractivity contribution in [3.8, 4) is 5.75 Å². The molecule has 1 aliphatic carbocycles. The number of ether oxygens (including phenoxy) is 1. The lowest BCUT2D eigenvalue weighted by atomic mass is 9.80. The highest BCUT2D eigenvalue weighted by Gasteiger charge is 2.43. The van der Waals surface area contributed by atoms with Crippen molar-refractivity contribution in [1.29, 1.82) is 0 Å². The summed E-state index contributed by atoms with van der Waals surface area (Å²) >= 11 is 0. The lowest BCUT2D eigenvalue weighted by Crippen LogP contribution is -2.51. The van der Waals surface area contributed by atoms with E-state index in [1.165, 1.54) is 17.5 Å². The second kappa shape index (κ2) is 6.93. The molecule has 2 heterocycles. The average molecular weight is 377 g/mol. The van der Waals surface area contributed by atoms with Crippen molar-refractivity contribution in [2.75, 3.05) is 20.1 Å². The molecule has 1 fully saturated rings. The van der Waals surface area contributed by atoms with Crippen molar-refractivity contribution in [3.63, 3.8) is 0 Å². The van der Waals surface area contributed by atoms with Crippen molar-refractivity contribution in [2.45, 2.75) is 50.2 Å². The number of aryl methyl sites for hydroxylation is 2. The molecule has 2 aromatic carbocycles. The number of likely N-dealkylation sites (tertiary alicyclic amines) is 1. The van der Waals surface area contributed by atoms with Crippen molar-refractivity contribution < 1.29 is 9.53 Å². The smallest absolute Gasteiger partial charge is 0.251 e. The van der Waals surface area contributed by atoms with E-state index < -0.39 is 0 Å². The van der Waals surface area contributed by atoms with Gasteiger partial charge in [-0.2, -0.15) is 0 Å². The van der Waals surface area contributed by atoms with Gasteiger partial charge in [-0.1, -0.05) is 24.3 Å². The summed E-state index contributed by atoms with van der Waals surface area (Å²) in [4.78, 5) is 15.4. The first kappa shape index (κ1) is 17.7. The highest BCUT2D eigenvalue weighted by atomic mass is 16.5. The van der Waals surface area contributed by atoms with E-state index in [1.54, 1.807) is 0 Å². The minimum atomic E-state index is -0.170. The van der Waals surface area contributed by atoms with E-state index in [2.05, 4.69) is 35.5 Å². The Morgan fingerprint density at radius 1 is 1.11 bits per heavy atom. The Morgan fingerprint density at radius 3 is 2.75 bits per heavy atom. The Balaban J connectivity index is 1.41. The van der Waals surface area contributed by atoms with Gasteiger partial charge in [0.1, 0.15) is 11.4 Å². The average Bonchev–Trinajstić information content (AvgIpc) is 3.18. The highest BCUT2D eigenvalue weighted by Crippen LogP contribution is 2.44. The third-order valence-corrected chi connectivity index (χ3v) is 6.76. The highest BCUT2D eigenvalue weighted by molar-refractivity contribution is 5.94. The number of nitrogens with one attached hydrogen (secondary N) is 1. The van der Waals surface area contributed by atoms with Gasteiger partial charge in [0.15, 0.2) is 0 Å². The maximum Gasteiger partial charge on any atom is 0.251 e. The zero-order chi connectivity index (χ0) is 19.1. The summed E-state index contributed by atoms with van der Waals surface area (Å²) in [5.41, 5.74) is 4.45. The fourth-order valence-corrected chi connectivity index (χ4v) is 5.03. The Hall–Kier alpha value is -2.33. The minimum Gasteiger partial charge on any atom is -0.487 e. The molecular formula is C24H28N2O2. The van der Waals surface area contributed by atoms with Crippen LogP contribution >= 0.6 is 0 Å². The molecule has 1 saturated heterocycles. The predicted octanol–water partition coefficient (Wildman–Crippen LogP) is 3.89. The molecule has 0 unspecified atom stereocenters. The Bertz CT molecular complexity index is 899. The second-order valence-corrected chi connectivity index (χ2v) is 8.69. The fourth-order valence-electron chi connectivity index (χ4n) is 5.03. The number of carbonyl (C=O) groups is 1. The van der Waals surface area contributed by atoms with Gasteiger partial charge in [-0.15, -0.1) is 0 Å². The van der Waals surface area contributed by atoms with Crippen molar-refractivity contribution in [2.24, 2.45) is 0 Å². The van der Waals surface area contributed by atoms with Crippen LogP contribution in [0, 0.1) is 0 Å². The van der Waals surface area contributed by atoms with Crippen LogP contribution in [0.2, 0.25) is 0 Å². The van der Waals surface area contributed by atoms with Crippen molar-refractivity contribution >= 4 is 5.91 Å². The van der Waals surface area contributed by atoms with Gasteiger partial charge in [-0.25, -0.2) is 0 Å². The lowest BCUT2D eigenvalue weighted by Gasteiger charge is -2.46. The largest absolute Gasteiger partial charge is 0.487 e. The van der Waals surface area contributed by atoms with E-state index in [1.807, 2.05) is 24.3 Å². The number of nitrogens with zero attached hydrogens (tertiary/aromatic N) is 1. The monoisotopic (exact) mass is 376 g/mol. The molecular weight excluding hydrogens is 348 g/mol. The number of fused-ring (bicyclic) bond motifs is 2. The van der Waals surface area contributed by atoms with Gasteiger partial charge in [0.2, 0.25) is 0 Å². The molecule has 5 rings (SSSR count). The fraction of sp³-hybridized carbons (Fsp3) is 0.458. The quantitative estimate of drug-likeness (QED) is 0.864. The van der Waals surface area contributed by atoms with Gasteiger partial charge in [-0.05, 0) is 68.5 Å². The summed E-state index contributed by atoms with van der Waals surface area (Å²) in [7, 11) is 2.16. The number of amides is 1. The molecule has 0 aromatic heterocycles. The molecule has 1 spiro atoms. The number of hydrogen-bond acceptors (Lipinski definition) is 3. The molecule has 3 aliphatic rings. The Labute approximate surface area is 166 Å². The third kappa shape index (κ3) is 3.20. The van der Waals surface area contributed by atoms with E-state index in [0.717, 1.165) is 62.1 Å². The number of benzene rings is 2. The standard InChI is InChI=1S/C24H28N2O2/c1-26-13-11-24(12-14-26)16-21(20-7-2-3-8-22(20)28-24)25-23(27)19-10-9-17-5-4-6-18(17)15-19/h2-3,7-10,15,21H,4-6,11-14,16H2,1H3,(H,25,27)/t21-/m0/s1. The Morgan fingerprint density at radius 2 is 1.89 bits per heavy atom. The zero-order valence-corrected chi connectivity index (χ0v) is 16.5. The summed E-state index contributed by atoms with van der Waals surface area (Å²) in [5, 5.41) is 3.33. The summed E-state index contributed by atoms with van der Waals surface area (Å²) in [6.45, 7) is 2.07. The number of piperidine rings is 1. The molecule has 0 bridgehead atoms. The molecule has 1 amide bonds. The molecule has 146 valence electrons. The normalized spacial score (nSPS) is 23.0. The first-order valence-electron chi connectivity index (χ1n) is 10.5. The van der Waals surface area contributed by atoms with Gasteiger partial charge >= 0.3 is 0 Å². The number of rotatable bonds is 2. The minimum absolute atomic E-state index is 0.00545. The van der Waals surface area contributed by atoms with Gasteiger partial charge in [0.25, 0.3) is 5.91 Å². The van der Waals surface area contributed by atoms with Crippen LogP contribution < -0.4 is 10.1 Å². The van der Waals surface area contributed by atoms with Crippen LogP contribution in [0.1, 0.15) is 58.8 Å². The van der Waals surface area contributed by atoms with Crippen LogP contribution in [0.4, 0.5) is 0 Å². The van der Waals surface area contributed by atoms with E-state index in [9.17, 15) is 4.79 Å². The number of carbonyl (C=O) groups excluding carboxylic acids is 1. The molecule has 28 heavy (non-hydrogen) atoms. The summed E-state index contributed by atoms with van der Waals surface area (Å²) in [5.74, 6) is 0.956. The van der Waals surface area contributed by atoms with Gasteiger partial charge in [0, 0.05) is 30.6 Å². The molecule has 4 nitrogen and oxygen atoms in total. The number of para-hydroxylation sites is 1. The number of hydrogen-bond donors (Lipinski definition) is 1. The van der Waals surface area contributed by atoms with Crippen LogP contribution in [-0.2, 0) is 12.8 Å². The molecule has 1 atom stereocenters.